The Labute approximate surface area is 163 Å². The molecular weight excluding hydrogens is 364 g/mol. The van der Waals surface area contributed by atoms with Crippen LogP contribution in [0.2, 0.25) is 0 Å². The molecule has 0 fully saturated rings. The fraction of sp³-hybridized carbons (Fsp3) is 0.333. The molecule has 2 aromatic carbocycles. The fourth-order valence-corrected chi connectivity index (χ4v) is 2.61. The zero-order chi connectivity index (χ0) is 20.5. The van der Waals surface area contributed by atoms with Crippen molar-refractivity contribution < 1.29 is 18.4 Å². The van der Waals surface area contributed by atoms with Crippen molar-refractivity contribution in [3.63, 3.8) is 0 Å². The standard InChI is InChI=1S/C21H25F2N3O2/c1-3-4-19(20(27)24-13-16-6-5-14(2)18(23)11-16)26-21(28)25-12-15-7-9-17(22)10-8-15/h5-11,19H,3-4,12-13H2,1-2H3,(H,24,27)(H2,25,26,28). The number of rotatable bonds is 8. The summed E-state index contributed by atoms with van der Waals surface area (Å²) in [6, 6.07) is 9.38. The summed E-state index contributed by atoms with van der Waals surface area (Å²) >= 11 is 0. The smallest absolute Gasteiger partial charge is 0.315 e. The quantitative estimate of drug-likeness (QED) is 0.646. The van der Waals surface area contributed by atoms with Gasteiger partial charge in [0.05, 0.1) is 0 Å². The van der Waals surface area contributed by atoms with E-state index in [1.807, 2.05) is 6.92 Å². The molecule has 1 unspecified atom stereocenters. The fourth-order valence-electron chi connectivity index (χ4n) is 2.61. The molecule has 0 saturated heterocycles. The number of amides is 3. The number of carbonyl (C=O) groups is 2. The van der Waals surface area contributed by atoms with Crippen molar-refractivity contribution >= 4 is 11.9 Å². The predicted molar refractivity (Wildman–Crippen MR) is 103 cm³/mol. The Kier molecular flexibility index (Phi) is 7.92. The molecule has 5 nitrogen and oxygen atoms in total. The highest BCUT2D eigenvalue weighted by Gasteiger charge is 2.19. The van der Waals surface area contributed by atoms with Crippen molar-refractivity contribution in [1.29, 1.82) is 0 Å². The molecule has 150 valence electrons. The van der Waals surface area contributed by atoms with Gasteiger partial charge in [0, 0.05) is 13.1 Å². The highest BCUT2D eigenvalue weighted by atomic mass is 19.1. The molecule has 1 atom stereocenters. The topological polar surface area (TPSA) is 70.2 Å². The summed E-state index contributed by atoms with van der Waals surface area (Å²) in [5.41, 5.74) is 1.93. The molecule has 0 aromatic heterocycles. The molecule has 2 aromatic rings. The molecular formula is C21H25F2N3O2. The van der Waals surface area contributed by atoms with Crippen molar-refractivity contribution in [2.24, 2.45) is 0 Å². The summed E-state index contributed by atoms with van der Waals surface area (Å²) in [4.78, 5) is 24.5. The molecule has 0 bridgehead atoms. The SMILES string of the molecule is CCCC(NC(=O)NCc1ccc(F)cc1)C(=O)NCc1ccc(C)c(F)c1. The van der Waals surface area contributed by atoms with Crippen LogP contribution in [0.15, 0.2) is 42.5 Å². The summed E-state index contributed by atoms with van der Waals surface area (Å²) in [5.74, 6) is -1.00. The Morgan fingerprint density at radius 1 is 0.964 bits per heavy atom. The first kappa shape index (κ1) is 21.3. The third-order valence-corrected chi connectivity index (χ3v) is 4.27. The summed E-state index contributed by atoms with van der Waals surface area (Å²) < 4.78 is 26.5. The van der Waals surface area contributed by atoms with E-state index in [0.717, 1.165) is 5.56 Å². The minimum absolute atomic E-state index is 0.176. The van der Waals surface area contributed by atoms with Crippen molar-refractivity contribution in [2.75, 3.05) is 0 Å². The third kappa shape index (κ3) is 6.64. The van der Waals surface area contributed by atoms with Crippen molar-refractivity contribution in [3.05, 3.63) is 70.8 Å². The molecule has 0 aliphatic rings. The third-order valence-electron chi connectivity index (χ3n) is 4.27. The number of benzene rings is 2. The maximum absolute atomic E-state index is 13.6. The number of carbonyl (C=O) groups excluding carboxylic acids is 2. The van der Waals surface area contributed by atoms with E-state index in [2.05, 4.69) is 16.0 Å². The lowest BCUT2D eigenvalue weighted by Crippen LogP contribution is -2.49. The Bertz CT molecular complexity index is 810. The molecule has 0 saturated carbocycles. The predicted octanol–water partition coefficient (Wildman–Crippen LogP) is 3.56. The van der Waals surface area contributed by atoms with Gasteiger partial charge < -0.3 is 16.0 Å². The first-order valence-corrected chi connectivity index (χ1v) is 9.20. The first-order chi connectivity index (χ1) is 13.4. The second-order valence-electron chi connectivity index (χ2n) is 6.60. The Morgan fingerprint density at radius 2 is 1.61 bits per heavy atom. The van der Waals surface area contributed by atoms with Gasteiger partial charge >= 0.3 is 6.03 Å². The largest absolute Gasteiger partial charge is 0.350 e. The number of urea groups is 1. The van der Waals surface area contributed by atoms with E-state index in [0.29, 0.717) is 24.0 Å². The molecule has 0 radical (unpaired) electrons. The number of hydrogen-bond donors (Lipinski definition) is 3. The van der Waals surface area contributed by atoms with Gasteiger partial charge in [0.25, 0.3) is 0 Å². The van der Waals surface area contributed by atoms with E-state index in [9.17, 15) is 18.4 Å². The average Bonchev–Trinajstić information content (AvgIpc) is 2.68. The van der Waals surface area contributed by atoms with E-state index in [4.69, 9.17) is 0 Å². The van der Waals surface area contributed by atoms with Crippen LogP contribution in [0.5, 0.6) is 0 Å². The second kappa shape index (κ2) is 10.4. The highest BCUT2D eigenvalue weighted by molar-refractivity contribution is 5.86. The van der Waals surface area contributed by atoms with Gasteiger partial charge in [-0.1, -0.05) is 37.6 Å². The summed E-state index contributed by atoms with van der Waals surface area (Å²) in [6.07, 6.45) is 1.17. The van der Waals surface area contributed by atoms with E-state index in [-0.39, 0.29) is 30.6 Å². The lowest BCUT2D eigenvalue weighted by Gasteiger charge is -2.18. The molecule has 3 N–H and O–H groups in total. The van der Waals surface area contributed by atoms with Crippen LogP contribution in [-0.2, 0) is 17.9 Å². The van der Waals surface area contributed by atoms with Gasteiger partial charge in [-0.25, -0.2) is 13.6 Å². The van der Waals surface area contributed by atoms with Crippen LogP contribution in [0, 0.1) is 18.6 Å². The van der Waals surface area contributed by atoms with Crippen molar-refractivity contribution in [2.45, 2.75) is 45.8 Å². The number of nitrogens with one attached hydrogen (secondary N) is 3. The summed E-state index contributed by atoms with van der Waals surface area (Å²) in [5, 5.41) is 8.02. The van der Waals surface area contributed by atoms with E-state index >= 15 is 0 Å². The maximum atomic E-state index is 13.6. The first-order valence-electron chi connectivity index (χ1n) is 9.20. The lowest BCUT2D eigenvalue weighted by atomic mass is 10.1. The minimum atomic E-state index is -0.700. The van der Waals surface area contributed by atoms with E-state index in [1.54, 1.807) is 31.2 Å². The van der Waals surface area contributed by atoms with Gasteiger partial charge in [0.1, 0.15) is 17.7 Å². The molecule has 0 heterocycles. The Morgan fingerprint density at radius 3 is 2.25 bits per heavy atom. The van der Waals surface area contributed by atoms with Crippen molar-refractivity contribution in [3.8, 4) is 0 Å². The average molecular weight is 389 g/mol. The van der Waals surface area contributed by atoms with Gasteiger partial charge in [-0.15, -0.1) is 0 Å². The van der Waals surface area contributed by atoms with Gasteiger partial charge in [-0.05, 0) is 48.2 Å². The maximum Gasteiger partial charge on any atom is 0.315 e. The summed E-state index contributed by atoms with van der Waals surface area (Å²) in [7, 11) is 0. The molecule has 7 heteroatoms. The van der Waals surface area contributed by atoms with Gasteiger partial charge in [0.15, 0.2) is 0 Å². The number of aryl methyl sites for hydroxylation is 1. The van der Waals surface area contributed by atoms with Gasteiger partial charge in [-0.2, -0.15) is 0 Å². The minimum Gasteiger partial charge on any atom is -0.350 e. The molecule has 0 spiro atoms. The van der Waals surface area contributed by atoms with Crippen LogP contribution in [0.25, 0.3) is 0 Å². The van der Waals surface area contributed by atoms with Crippen LogP contribution in [0.3, 0.4) is 0 Å². The molecule has 2 rings (SSSR count). The van der Waals surface area contributed by atoms with E-state index < -0.39 is 12.1 Å². The monoisotopic (exact) mass is 389 g/mol. The normalized spacial score (nSPS) is 11.6. The van der Waals surface area contributed by atoms with E-state index in [1.165, 1.54) is 18.2 Å². The lowest BCUT2D eigenvalue weighted by molar-refractivity contribution is -0.123. The highest BCUT2D eigenvalue weighted by Crippen LogP contribution is 2.09. The summed E-state index contributed by atoms with van der Waals surface area (Å²) in [6.45, 7) is 3.97. The van der Waals surface area contributed by atoms with Gasteiger partial charge in [0.2, 0.25) is 5.91 Å². The number of halogens is 2. The van der Waals surface area contributed by atoms with Crippen LogP contribution in [-0.4, -0.2) is 18.0 Å². The van der Waals surface area contributed by atoms with Gasteiger partial charge in [-0.3, -0.25) is 4.79 Å². The zero-order valence-electron chi connectivity index (χ0n) is 16.0. The molecule has 28 heavy (non-hydrogen) atoms. The Hall–Kier alpha value is -2.96. The van der Waals surface area contributed by atoms with Crippen LogP contribution in [0.1, 0.15) is 36.5 Å². The zero-order valence-corrected chi connectivity index (χ0v) is 16.0. The molecule has 0 aliphatic carbocycles. The second-order valence-corrected chi connectivity index (χ2v) is 6.60. The Balaban J connectivity index is 1.85. The molecule has 3 amide bonds. The van der Waals surface area contributed by atoms with Crippen LogP contribution in [0.4, 0.5) is 13.6 Å². The van der Waals surface area contributed by atoms with Crippen LogP contribution < -0.4 is 16.0 Å². The number of hydrogen-bond acceptors (Lipinski definition) is 2. The van der Waals surface area contributed by atoms with Crippen LogP contribution >= 0.6 is 0 Å². The molecule has 0 aliphatic heterocycles. The van der Waals surface area contributed by atoms with Crippen molar-refractivity contribution in [1.82, 2.24) is 16.0 Å².